The van der Waals surface area contributed by atoms with Crippen molar-refractivity contribution >= 4 is 16.6 Å². The molecular formula is C17H23FN2O2. The Morgan fingerprint density at radius 1 is 1.18 bits per heavy atom. The van der Waals surface area contributed by atoms with Gasteiger partial charge in [-0.2, -0.15) is 0 Å². The number of hydrogen-bond acceptors (Lipinski definition) is 4. The van der Waals surface area contributed by atoms with Gasteiger partial charge >= 0.3 is 0 Å². The Morgan fingerprint density at radius 2 is 1.91 bits per heavy atom. The van der Waals surface area contributed by atoms with Gasteiger partial charge in [0.15, 0.2) is 0 Å². The van der Waals surface area contributed by atoms with Gasteiger partial charge in [-0.1, -0.05) is 0 Å². The third-order valence-corrected chi connectivity index (χ3v) is 3.14. The number of halogens is 1. The number of benzene rings is 1. The van der Waals surface area contributed by atoms with Crippen LogP contribution in [0.25, 0.3) is 10.9 Å². The van der Waals surface area contributed by atoms with E-state index in [-0.39, 0.29) is 12.1 Å². The summed E-state index contributed by atoms with van der Waals surface area (Å²) in [5, 5.41) is 4.07. The number of pyridine rings is 1. The first-order valence-electron chi connectivity index (χ1n) is 7.45. The summed E-state index contributed by atoms with van der Waals surface area (Å²) in [5.41, 5.74) is 2.06. The highest BCUT2D eigenvalue weighted by Gasteiger charge is 2.13. The maximum Gasteiger partial charge on any atom is 0.214 e. The van der Waals surface area contributed by atoms with E-state index in [0.717, 1.165) is 11.1 Å². The van der Waals surface area contributed by atoms with Gasteiger partial charge < -0.3 is 14.8 Å². The van der Waals surface area contributed by atoms with Crippen LogP contribution in [0, 0.1) is 0 Å². The molecule has 0 bridgehead atoms. The lowest BCUT2D eigenvalue weighted by Gasteiger charge is -2.17. The number of anilines is 1. The number of nitrogens with zero attached hydrogens (tertiary/aromatic N) is 1. The Balaban J connectivity index is 2.60. The molecule has 0 spiro atoms. The molecule has 22 heavy (non-hydrogen) atoms. The molecule has 5 heteroatoms. The van der Waals surface area contributed by atoms with Crippen LogP contribution in [0.1, 0.15) is 33.3 Å². The quantitative estimate of drug-likeness (QED) is 0.863. The van der Waals surface area contributed by atoms with Crippen LogP contribution >= 0.6 is 0 Å². The summed E-state index contributed by atoms with van der Waals surface area (Å²) < 4.78 is 24.4. The fourth-order valence-electron chi connectivity index (χ4n) is 2.30. The molecule has 0 amide bonds. The van der Waals surface area contributed by atoms with Crippen LogP contribution in [0.2, 0.25) is 0 Å². The summed E-state index contributed by atoms with van der Waals surface area (Å²) in [6, 6.07) is 5.60. The number of nitrogens with one attached hydrogen (secondary N) is 1. The highest BCUT2D eigenvalue weighted by Crippen LogP contribution is 2.33. The normalized spacial score (nSPS) is 11.3. The minimum Gasteiger partial charge on any atom is -0.495 e. The lowest BCUT2D eigenvalue weighted by atomic mass is 10.1. The van der Waals surface area contributed by atoms with E-state index in [2.05, 4.69) is 10.3 Å². The van der Waals surface area contributed by atoms with Crippen molar-refractivity contribution in [2.45, 2.75) is 46.5 Å². The topological polar surface area (TPSA) is 43.4 Å². The van der Waals surface area contributed by atoms with Gasteiger partial charge in [0.1, 0.15) is 12.4 Å². The SMILES string of the molecule is COc1cc2nc(OC(C)C)cc(CF)c2cc1NC(C)C. The van der Waals surface area contributed by atoms with E-state index in [0.29, 0.717) is 22.7 Å². The maximum absolute atomic E-state index is 13.4. The van der Waals surface area contributed by atoms with Crippen molar-refractivity contribution in [3.8, 4) is 11.6 Å². The summed E-state index contributed by atoms with van der Waals surface area (Å²) in [7, 11) is 1.61. The van der Waals surface area contributed by atoms with E-state index < -0.39 is 6.67 Å². The molecular weight excluding hydrogens is 283 g/mol. The molecule has 2 aromatic rings. The number of fused-ring (bicyclic) bond motifs is 1. The highest BCUT2D eigenvalue weighted by molar-refractivity contribution is 5.89. The van der Waals surface area contributed by atoms with Crippen LogP contribution in [0.15, 0.2) is 18.2 Å². The van der Waals surface area contributed by atoms with Crippen molar-refractivity contribution in [2.24, 2.45) is 0 Å². The third kappa shape index (κ3) is 3.59. The Hall–Kier alpha value is -2.04. The highest BCUT2D eigenvalue weighted by atomic mass is 19.1. The number of rotatable bonds is 6. The minimum absolute atomic E-state index is 0.0128. The van der Waals surface area contributed by atoms with Crippen molar-refractivity contribution in [2.75, 3.05) is 12.4 Å². The maximum atomic E-state index is 13.4. The molecule has 0 saturated carbocycles. The number of aromatic nitrogens is 1. The second kappa shape index (κ2) is 6.81. The Labute approximate surface area is 130 Å². The predicted molar refractivity (Wildman–Crippen MR) is 87.6 cm³/mol. The van der Waals surface area contributed by atoms with E-state index >= 15 is 0 Å². The van der Waals surface area contributed by atoms with Crippen molar-refractivity contribution in [3.05, 3.63) is 23.8 Å². The van der Waals surface area contributed by atoms with E-state index in [1.165, 1.54) is 0 Å². The second-order valence-electron chi connectivity index (χ2n) is 5.79. The molecule has 1 aromatic heterocycles. The largest absolute Gasteiger partial charge is 0.495 e. The Morgan fingerprint density at radius 3 is 2.45 bits per heavy atom. The third-order valence-electron chi connectivity index (χ3n) is 3.14. The van der Waals surface area contributed by atoms with Gasteiger partial charge in [-0.15, -0.1) is 0 Å². The van der Waals surface area contributed by atoms with E-state index in [4.69, 9.17) is 9.47 Å². The fourth-order valence-corrected chi connectivity index (χ4v) is 2.30. The van der Waals surface area contributed by atoms with Gasteiger partial charge in [0.25, 0.3) is 0 Å². The van der Waals surface area contributed by atoms with Crippen LogP contribution in [0.4, 0.5) is 10.1 Å². The average Bonchev–Trinajstić information content (AvgIpc) is 2.44. The fraction of sp³-hybridized carbons (Fsp3) is 0.471. The van der Waals surface area contributed by atoms with E-state index in [9.17, 15) is 4.39 Å². The lowest BCUT2D eigenvalue weighted by Crippen LogP contribution is -2.11. The van der Waals surface area contributed by atoms with Gasteiger partial charge in [0.2, 0.25) is 5.88 Å². The molecule has 120 valence electrons. The van der Waals surface area contributed by atoms with Gasteiger partial charge in [-0.3, -0.25) is 0 Å². The molecule has 1 aromatic carbocycles. The lowest BCUT2D eigenvalue weighted by molar-refractivity contribution is 0.233. The molecule has 0 fully saturated rings. The Bertz CT molecular complexity index is 657. The zero-order valence-electron chi connectivity index (χ0n) is 13.7. The first-order chi connectivity index (χ1) is 10.4. The van der Waals surface area contributed by atoms with E-state index in [1.807, 2.05) is 39.8 Å². The standard InChI is InChI=1S/C17H23FN2O2/c1-10(2)19-15-7-13-12(9-18)6-17(22-11(3)4)20-14(13)8-16(15)21-5/h6-8,10-11,19H,9H2,1-5H3. The van der Waals surface area contributed by atoms with Crippen LogP contribution in [-0.2, 0) is 6.67 Å². The van der Waals surface area contributed by atoms with Gasteiger partial charge in [-0.05, 0) is 39.3 Å². The smallest absolute Gasteiger partial charge is 0.214 e. The first kappa shape index (κ1) is 16.3. The first-order valence-corrected chi connectivity index (χ1v) is 7.45. The number of hydrogen-bond donors (Lipinski definition) is 1. The van der Waals surface area contributed by atoms with Crippen molar-refractivity contribution in [1.82, 2.24) is 4.98 Å². The molecule has 0 atom stereocenters. The van der Waals surface area contributed by atoms with Crippen molar-refractivity contribution < 1.29 is 13.9 Å². The molecule has 0 aliphatic carbocycles. The summed E-state index contributed by atoms with van der Waals surface area (Å²) in [6.45, 7) is 7.34. The van der Waals surface area contributed by atoms with Crippen molar-refractivity contribution in [1.29, 1.82) is 0 Å². The number of methoxy groups -OCH3 is 1. The monoisotopic (exact) mass is 306 g/mol. The van der Waals surface area contributed by atoms with Gasteiger partial charge in [-0.25, -0.2) is 9.37 Å². The van der Waals surface area contributed by atoms with Gasteiger partial charge in [0, 0.05) is 23.6 Å². The molecule has 1 N–H and O–H groups in total. The zero-order chi connectivity index (χ0) is 16.3. The molecule has 0 radical (unpaired) electrons. The van der Waals surface area contributed by atoms with Crippen LogP contribution in [-0.4, -0.2) is 24.2 Å². The molecule has 2 rings (SSSR count). The van der Waals surface area contributed by atoms with Crippen LogP contribution in [0.5, 0.6) is 11.6 Å². The number of alkyl halides is 1. The molecule has 1 heterocycles. The van der Waals surface area contributed by atoms with E-state index in [1.54, 1.807) is 13.2 Å². The molecule has 0 saturated heterocycles. The summed E-state index contributed by atoms with van der Waals surface area (Å²) in [4.78, 5) is 4.46. The minimum atomic E-state index is -0.569. The summed E-state index contributed by atoms with van der Waals surface area (Å²) >= 11 is 0. The zero-order valence-corrected chi connectivity index (χ0v) is 13.7. The Kier molecular flexibility index (Phi) is 5.06. The molecule has 0 aliphatic heterocycles. The molecule has 0 unspecified atom stereocenters. The van der Waals surface area contributed by atoms with Crippen LogP contribution < -0.4 is 14.8 Å². The second-order valence-corrected chi connectivity index (χ2v) is 5.79. The van der Waals surface area contributed by atoms with Gasteiger partial charge in [0.05, 0.1) is 24.4 Å². The average molecular weight is 306 g/mol. The van der Waals surface area contributed by atoms with Crippen molar-refractivity contribution in [3.63, 3.8) is 0 Å². The number of ether oxygens (including phenoxy) is 2. The summed E-state index contributed by atoms with van der Waals surface area (Å²) in [5.74, 6) is 1.11. The summed E-state index contributed by atoms with van der Waals surface area (Å²) in [6.07, 6.45) is -0.0128. The molecule has 4 nitrogen and oxygen atoms in total. The molecule has 0 aliphatic rings. The van der Waals surface area contributed by atoms with Crippen LogP contribution in [0.3, 0.4) is 0 Å². The predicted octanol–water partition coefficient (Wildman–Crippen LogP) is 4.32.